The third kappa shape index (κ3) is 5.70. The Morgan fingerprint density at radius 1 is 1.31 bits per heavy atom. The highest BCUT2D eigenvalue weighted by Gasteiger charge is 2.13. The standard InChI is InChI=1S/C11H20N2O3/c14-10(13-8-6-11(15)16)5-4-9-3-1-2-7-12-9/h9,12H,1-8H2,(H,13,14)(H,15,16). The number of aliphatic carboxylic acids is 1. The van der Waals surface area contributed by atoms with Crippen molar-refractivity contribution in [1.82, 2.24) is 10.6 Å². The molecule has 1 amide bonds. The van der Waals surface area contributed by atoms with E-state index in [0.717, 1.165) is 19.4 Å². The van der Waals surface area contributed by atoms with Gasteiger partial charge < -0.3 is 15.7 Å². The molecule has 0 aliphatic carbocycles. The molecule has 1 atom stereocenters. The maximum atomic E-state index is 11.3. The van der Waals surface area contributed by atoms with Crippen LogP contribution in [0.25, 0.3) is 0 Å². The first-order chi connectivity index (χ1) is 7.68. The normalized spacial score (nSPS) is 20.4. The first-order valence-electron chi connectivity index (χ1n) is 5.90. The van der Waals surface area contributed by atoms with Crippen LogP contribution in [0.2, 0.25) is 0 Å². The van der Waals surface area contributed by atoms with E-state index in [2.05, 4.69) is 10.6 Å². The Labute approximate surface area is 95.6 Å². The molecular formula is C11H20N2O3. The number of hydrogen-bond acceptors (Lipinski definition) is 3. The SMILES string of the molecule is O=C(O)CCNC(=O)CCC1CCCCN1. The van der Waals surface area contributed by atoms with Gasteiger partial charge in [-0.05, 0) is 25.8 Å². The molecule has 1 rings (SSSR count). The minimum Gasteiger partial charge on any atom is -0.481 e. The summed E-state index contributed by atoms with van der Waals surface area (Å²) in [4.78, 5) is 21.6. The predicted octanol–water partition coefficient (Wildman–Crippen LogP) is 0.500. The number of amides is 1. The lowest BCUT2D eigenvalue weighted by atomic mass is 10.0. The zero-order valence-corrected chi connectivity index (χ0v) is 9.50. The maximum absolute atomic E-state index is 11.3. The van der Waals surface area contributed by atoms with E-state index in [1.165, 1.54) is 12.8 Å². The second-order valence-electron chi connectivity index (χ2n) is 4.18. The van der Waals surface area contributed by atoms with Crippen LogP contribution in [0.3, 0.4) is 0 Å². The molecule has 1 fully saturated rings. The van der Waals surface area contributed by atoms with Crippen LogP contribution < -0.4 is 10.6 Å². The molecular weight excluding hydrogens is 208 g/mol. The summed E-state index contributed by atoms with van der Waals surface area (Å²) in [6, 6.07) is 0.457. The summed E-state index contributed by atoms with van der Waals surface area (Å²) in [7, 11) is 0. The lowest BCUT2D eigenvalue weighted by Gasteiger charge is -2.22. The van der Waals surface area contributed by atoms with E-state index in [1.807, 2.05) is 0 Å². The van der Waals surface area contributed by atoms with Gasteiger partial charge in [0, 0.05) is 19.0 Å². The van der Waals surface area contributed by atoms with Crippen molar-refractivity contribution in [3.05, 3.63) is 0 Å². The third-order valence-electron chi connectivity index (χ3n) is 2.79. The van der Waals surface area contributed by atoms with Gasteiger partial charge in [-0.1, -0.05) is 6.42 Å². The molecule has 5 nitrogen and oxygen atoms in total. The van der Waals surface area contributed by atoms with Crippen LogP contribution >= 0.6 is 0 Å². The molecule has 0 bridgehead atoms. The monoisotopic (exact) mass is 228 g/mol. The van der Waals surface area contributed by atoms with Crippen LogP contribution in [0.5, 0.6) is 0 Å². The lowest BCUT2D eigenvalue weighted by Crippen LogP contribution is -2.35. The van der Waals surface area contributed by atoms with Gasteiger partial charge in [-0.15, -0.1) is 0 Å². The Hall–Kier alpha value is -1.10. The van der Waals surface area contributed by atoms with Crippen molar-refractivity contribution in [2.45, 2.75) is 44.6 Å². The molecule has 92 valence electrons. The van der Waals surface area contributed by atoms with Gasteiger partial charge in [-0.2, -0.15) is 0 Å². The van der Waals surface area contributed by atoms with Crippen molar-refractivity contribution < 1.29 is 14.7 Å². The van der Waals surface area contributed by atoms with Gasteiger partial charge in [0.25, 0.3) is 0 Å². The van der Waals surface area contributed by atoms with Crippen molar-refractivity contribution in [1.29, 1.82) is 0 Å². The quantitative estimate of drug-likeness (QED) is 0.618. The first-order valence-corrected chi connectivity index (χ1v) is 5.90. The molecule has 0 aromatic heterocycles. The molecule has 5 heteroatoms. The summed E-state index contributed by atoms with van der Waals surface area (Å²) in [5, 5.41) is 14.4. The van der Waals surface area contributed by atoms with E-state index in [1.54, 1.807) is 0 Å². The summed E-state index contributed by atoms with van der Waals surface area (Å²) in [6.45, 7) is 1.28. The third-order valence-corrected chi connectivity index (χ3v) is 2.79. The Kier molecular flexibility index (Phi) is 5.85. The second kappa shape index (κ2) is 7.22. The minimum absolute atomic E-state index is 0.00653. The first kappa shape index (κ1) is 13.0. The highest BCUT2D eigenvalue weighted by molar-refractivity contribution is 5.76. The number of nitrogens with one attached hydrogen (secondary N) is 2. The van der Waals surface area contributed by atoms with E-state index < -0.39 is 5.97 Å². The number of carboxylic acids is 1. The lowest BCUT2D eigenvalue weighted by molar-refractivity contribution is -0.136. The maximum Gasteiger partial charge on any atom is 0.305 e. The fourth-order valence-corrected chi connectivity index (χ4v) is 1.87. The van der Waals surface area contributed by atoms with Gasteiger partial charge in [-0.25, -0.2) is 0 Å². The average molecular weight is 228 g/mol. The van der Waals surface area contributed by atoms with Gasteiger partial charge in [0.05, 0.1) is 6.42 Å². The smallest absolute Gasteiger partial charge is 0.305 e. The van der Waals surface area contributed by atoms with E-state index in [0.29, 0.717) is 12.5 Å². The minimum atomic E-state index is -0.880. The predicted molar refractivity (Wildman–Crippen MR) is 60.1 cm³/mol. The molecule has 0 aromatic carbocycles. The molecule has 16 heavy (non-hydrogen) atoms. The molecule has 3 N–H and O–H groups in total. The fraction of sp³-hybridized carbons (Fsp3) is 0.818. The molecule has 1 saturated heterocycles. The number of carbonyl (C=O) groups excluding carboxylic acids is 1. The highest BCUT2D eigenvalue weighted by Crippen LogP contribution is 2.11. The average Bonchev–Trinajstić information content (AvgIpc) is 2.27. The molecule has 1 unspecified atom stereocenters. The van der Waals surface area contributed by atoms with Crippen LogP contribution in [0.15, 0.2) is 0 Å². The Balaban J connectivity index is 2.02. The zero-order valence-electron chi connectivity index (χ0n) is 9.50. The van der Waals surface area contributed by atoms with Crippen molar-refractivity contribution in [2.75, 3.05) is 13.1 Å². The molecule has 0 spiro atoms. The summed E-state index contributed by atoms with van der Waals surface area (Å²) < 4.78 is 0. The van der Waals surface area contributed by atoms with E-state index in [-0.39, 0.29) is 18.9 Å². The van der Waals surface area contributed by atoms with Crippen LogP contribution in [0.4, 0.5) is 0 Å². The van der Waals surface area contributed by atoms with Gasteiger partial charge in [-0.3, -0.25) is 9.59 Å². The van der Waals surface area contributed by atoms with Crippen LogP contribution in [-0.4, -0.2) is 36.1 Å². The number of carbonyl (C=O) groups is 2. The number of piperidine rings is 1. The highest BCUT2D eigenvalue weighted by atomic mass is 16.4. The summed E-state index contributed by atoms with van der Waals surface area (Å²) in [5.74, 6) is -0.928. The van der Waals surface area contributed by atoms with Gasteiger partial charge in [0.1, 0.15) is 0 Å². The van der Waals surface area contributed by atoms with Crippen molar-refractivity contribution >= 4 is 11.9 Å². The number of hydrogen-bond donors (Lipinski definition) is 3. The van der Waals surface area contributed by atoms with Crippen molar-refractivity contribution in [3.8, 4) is 0 Å². The molecule has 0 aromatic rings. The van der Waals surface area contributed by atoms with Gasteiger partial charge in [0.15, 0.2) is 0 Å². The summed E-state index contributed by atoms with van der Waals surface area (Å²) in [5.41, 5.74) is 0. The van der Waals surface area contributed by atoms with E-state index in [9.17, 15) is 9.59 Å². The second-order valence-corrected chi connectivity index (χ2v) is 4.18. The summed E-state index contributed by atoms with van der Waals surface area (Å²) in [6.07, 6.45) is 4.92. The molecule has 0 radical (unpaired) electrons. The molecule has 1 aliphatic heterocycles. The Bertz CT molecular complexity index is 237. The Morgan fingerprint density at radius 3 is 2.75 bits per heavy atom. The van der Waals surface area contributed by atoms with Crippen molar-refractivity contribution in [2.24, 2.45) is 0 Å². The van der Waals surface area contributed by atoms with E-state index >= 15 is 0 Å². The Morgan fingerprint density at radius 2 is 2.12 bits per heavy atom. The van der Waals surface area contributed by atoms with E-state index in [4.69, 9.17) is 5.11 Å². The largest absolute Gasteiger partial charge is 0.481 e. The molecule has 0 saturated carbocycles. The van der Waals surface area contributed by atoms with Gasteiger partial charge >= 0.3 is 5.97 Å². The number of carboxylic acid groups (broad SMARTS) is 1. The zero-order chi connectivity index (χ0) is 11.8. The van der Waals surface area contributed by atoms with Crippen LogP contribution in [0, 0.1) is 0 Å². The fourth-order valence-electron chi connectivity index (χ4n) is 1.87. The van der Waals surface area contributed by atoms with Crippen LogP contribution in [-0.2, 0) is 9.59 Å². The van der Waals surface area contributed by atoms with Gasteiger partial charge in [0.2, 0.25) is 5.91 Å². The van der Waals surface area contributed by atoms with Crippen LogP contribution in [0.1, 0.15) is 38.5 Å². The van der Waals surface area contributed by atoms with Crippen molar-refractivity contribution in [3.63, 3.8) is 0 Å². The molecule has 1 heterocycles. The summed E-state index contributed by atoms with van der Waals surface area (Å²) >= 11 is 0. The topological polar surface area (TPSA) is 78.4 Å². The number of rotatable bonds is 6. The molecule has 1 aliphatic rings.